The highest BCUT2D eigenvalue weighted by Gasteiger charge is 2.02. The molecule has 0 aliphatic rings. The van der Waals surface area contributed by atoms with Crippen molar-refractivity contribution in [2.24, 2.45) is 0 Å². The molecule has 0 N–H and O–H groups in total. The highest BCUT2D eigenvalue weighted by molar-refractivity contribution is 5.79. The van der Waals surface area contributed by atoms with Gasteiger partial charge in [-0.25, -0.2) is 0 Å². The first-order valence-corrected chi connectivity index (χ1v) is 5.20. The van der Waals surface area contributed by atoms with Crippen molar-refractivity contribution in [1.29, 1.82) is 0 Å². The molecule has 1 rings (SSSR count). The molecule has 0 aliphatic carbocycles. The maximum Gasteiger partial charge on any atom is 0.158 e. The predicted octanol–water partition coefficient (Wildman–Crippen LogP) is 2.45. The summed E-state index contributed by atoms with van der Waals surface area (Å²) in [5.74, 6) is 0.163. The molecule has 0 radical (unpaired) electrons. The molecule has 0 spiro atoms. The number of ketones is 1. The Hall–Kier alpha value is -1.15. The van der Waals surface area contributed by atoms with Gasteiger partial charge in [0.05, 0.1) is 0 Å². The van der Waals surface area contributed by atoms with E-state index in [-0.39, 0.29) is 12.4 Å². The Morgan fingerprint density at radius 3 is 2.60 bits per heavy atom. The molecule has 0 heterocycles. The average molecular weight is 206 g/mol. The van der Waals surface area contributed by atoms with Gasteiger partial charge in [-0.05, 0) is 37.0 Å². The summed E-state index contributed by atoms with van der Waals surface area (Å²) in [6.07, 6.45) is 1.37. The van der Waals surface area contributed by atoms with Crippen LogP contribution in [-0.2, 0) is 16.0 Å². The van der Waals surface area contributed by atoms with E-state index < -0.39 is 0 Å². The van der Waals surface area contributed by atoms with Gasteiger partial charge in [0.15, 0.2) is 5.78 Å². The molecule has 0 saturated carbocycles. The van der Waals surface area contributed by atoms with Crippen molar-refractivity contribution in [1.82, 2.24) is 0 Å². The van der Waals surface area contributed by atoms with Crippen LogP contribution in [0.2, 0.25) is 0 Å². The maximum atomic E-state index is 11.2. The minimum Gasteiger partial charge on any atom is -0.377 e. The fourth-order valence-electron chi connectivity index (χ4n) is 1.48. The molecule has 0 aliphatic heterocycles. The Bertz CT molecular complexity index is 342. The van der Waals surface area contributed by atoms with Crippen LogP contribution >= 0.6 is 0 Å². The first kappa shape index (κ1) is 11.9. The van der Waals surface area contributed by atoms with Crippen molar-refractivity contribution in [2.75, 3.05) is 13.7 Å². The van der Waals surface area contributed by atoms with Gasteiger partial charge < -0.3 is 4.74 Å². The summed E-state index contributed by atoms with van der Waals surface area (Å²) in [7, 11) is 1.55. The van der Waals surface area contributed by atoms with Gasteiger partial charge in [0, 0.05) is 13.5 Å². The number of benzene rings is 1. The maximum absolute atomic E-state index is 11.2. The Balaban J connectivity index is 2.51. The number of carbonyl (C=O) groups is 1. The van der Waals surface area contributed by atoms with Gasteiger partial charge in [0.25, 0.3) is 0 Å². The number of methoxy groups -OCH3 is 1. The minimum atomic E-state index is 0.163. The zero-order valence-corrected chi connectivity index (χ0v) is 9.67. The third-order valence-corrected chi connectivity index (χ3v) is 2.57. The van der Waals surface area contributed by atoms with Crippen molar-refractivity contribution in [3.05, 3.63) is 34.9 Å². The van der Waals surface area contributed by atoms with E-state index >= 15 is 0 Å². The Morgan fingerprint density at radius 2 is 2.00 bits per heavy atom. The number of aryl methyl sites for hydroxylation is 3. The quantitative estimate of drug-likeness (QED) is 0.739. The van der Waals surface area contributed by atoms with E-state index in [1.54, 1.807) is 7.11 Å². The van der Waals surface area contributed by atoms with E-state index in [4.69, 9.17) is 4.74 Å². The van der Waals surface area contributed by atoms with Gasteiger partial charge in [-0.2, -0.15) is 0 Å². The monoisotopic (exact) mass is 206 g/mol. The standard InChI is InChI=1S/C13H18O2/c1-10-4-5-12(8-11(10)2)6-7-13(14)9-15-3/h4-5,8H,6-7,9H2,1-3H3. The first-order valence-electron chi connectivity index (χ1n) is 5.20. The lowest BCUT2D eigenvalue weighted by Gasteiger charge is -2.04. The van der Waals surface area contributed by atoms with Gasteiger partial charge in [-0.15, -0.1) is 0 Å². The second-order valence-corrected chi connectivity index (χ2v) is 3.89. The normalized spacial score (nSPS) is 10.3. The fraction of sp³-hybridized carbons (Fsp3) is 0.462. The van der Waals surface area contributed by atoms with E-state index in [9.17, 15) is 4.79 Å². The zero-order valence-electron chi connectivity index (χ0n) is 9.67. The van der Waals surface area contributed by atoms with E-state index in [1.165, 1.54) is 16.7 Å². The smallest absolute Gasteiger partial charge is 0.158 e. The molecule has 0 atom stereocenters. The third kappa shape index (κ3) is 3.84. The molecule has 2 nitrogen and oxygen atoms in total. The average Bonchev–Trinajstić information content (AvgIpc) is 2.20. The summed E-state index contributed by atoms with van der Waals surface area (Å²) in [6.45, 7) is 4.41. The second kappa shape index (κ2) is 5.66. The van der Waals surface area contributed by atoms with Gasteiger partial charge >= 0.3 is 0 Å². The lowest BCUT2D eigenvalue weighted by atomic mass is 10.0. The van der Waals surface area contributed by atoms with Crippen LogP contribution in [0.5, 0.6) is 0 Å². The van der Waals surface area contributed by atoms with E-state index in [0.717, 1.165) is 6.42 Å². The number of hydrogen-bond donors (Lipinski definition) is 0. The number of carbonyl (C=O) groups excluding carboxylic acids is 1. The number of ether oxygens (including phenoxy) is 1. The van der Waals surface area contributed by atoms with Gasteiger partial charge in [-0.1, -0.05) is 18.2 Å². The molecule has 0 amide bonds. The van der Waals surface area contributed by atoms with Crippen molar-refractivity contribution in [3.8, 4) is 0 Å². The summed E-state index contributed by atoms with van der Waals surface area (Å²) in [6, 6.07) is 6.34. The largest absolute Gasteiger partial charge is 0.377 e. The highest BCUT2D eigenvalue weighted by atomic mass is 16.5. The molecular formula is C13H18O2. The fourth-order valence-corrected chi connectivity index (χ4v) is 1.48. The second-order valence-electron chi connectivity index (χ2n) is 3.89. The lowest BCUT2D eigenvalue weighted by Crippen LogP contribution is -2.07. The van der Waals surface area contributed by atoms with Gasteiger partial charge in [0.2, 0.25) is 0 Å². The summed E-state index contributed by atoms with van der Waals surface area (Å²) in [5, 5.41) is 0. The molecule has 0 aromatic heterocycles. The number of rotatable bonds is 5. The van der Waals surface area contributed by atoms with Crippen LogP contribution < -0.4 is 0 Å². The summed E-state index contributed by atoms with van der Waals surface area (Å²) >= 11 is 0. The van der Waals surface area contributed by atoms with E-state index in [1.807, 2.05) is 0 Å². The Labute approximate surface area is 91.3 Å². The van der Waals surface area contributed by atoms with E-state index in [0.29, 0.717) is 6.42 Å². The number of hydrogen-bond acceptors (Lipinski definition) is 2. The van der Waals surface area contributed by atoms with Crippen LogP contribution in [0.15, 0.2) is 18.2 Å². The number of Topliss-reactive ketones (excluding diaryl/α,β-unsaturated/α-hetero) is 1. The van der Waals surface area contributed by atoms with Crippen molar-refractivity contribution in [2.45, 2.75) is 26.7 Å². The van der Waals surface area contributed by atoms with Crippen LogP contribution in [-0.4, -0.2) is 19.5 Å². The molecule has 2 heteroatoms. The molecule has 0 unspecified atom stereocenters. The van der Waals surface area contributed by atoms with Crippen LogP contribution in [0, 0.1) is 13.8 Å². The Kier molecular flexibility index (Phi) is 4.50. The van der Waals surface area contributed by atoms with Gasteiger partial charge in [0.1, 0.15) is 6.61 Å². The van der Waals surface area contributed by atoms with Crippen LogP contribution in [0.1, 0.15) is 23.1 Å². The minimum absolute atomic E-state index is 0.163. The van der Waals surface area contributed by atoms with Crippen molar-refractivity contribution in [3.63, 3.8) is 0 Å². The molecular weight excluding hydrogens is 188 g/mol. The molecule has 1 aromatic rings. The molecule has 82 valence electrons. The lowest BCUT2D eigenvalue weighted by molar-refractivity contribution is -0.122. The van der Waals surface area contributed by atoms with E-state index in [2.05, 4.69) is 32.0 Å². The van der Waals surface area contributed by atoms with Gasteiger partial charge in [-0.3, -0.25) is 4.79 Å². The third-order valence-electron chi connectivity index (χ3n) is 2.57. The topological polar surface area (TPSA) is 26.3 Å². The van der Waals surface area contributed by atoms with Crippen LogP contribution in [0.25, 0.3) is 0 Å². The highest BCUT2D eigenvalue weighted by Crippen LogP contribution is 2.11. The zero-order chi connectivity index (χ0) is 11.3. The van der Waals surface area contributed by atoms with Crippen molar-refractivity contribution < 1.29 is 9.53 Å². The molecule has 1 aromatic carbocycles. The van der Waals surface area contributed by atoms with Crippen molar-refractivity contribution >= 4 is 5.78 Å². The molecule has 0 bridgehead atoms. The Morgan fingerprint density at radius 1 is 1.27 bits per heavy atom. The summed E-state index contributed by atoms with van der Waals surface area (Å²) in [4.78, 5) is 11.2. The first-order chi connectivity index (χ1) is 7.13. The molecule has 0 saturated heterocycles. The SMILES string of the molecule is COCC(=O)CCc1ccc(C)c(C)c1. The molecule has 0 fully saturated rings. The summed E-state index contributed by atoms with van der Waals surface area (Å²) in [5.41, 5.74) is 3.80. The predicted molar refractivity (Wildman–Crippen MR) is 61.1 cm³/mol. The summed E-state index contributed by atoms with van der Waals surface area (Å²) < 4.78 is 4.79. The van der Waals surface area contributed by atoms with Crippen LogP contribution in [0.4, 0.5) is 0 Å². The van der Waals surface area contributed by atoms with Crippen LogP contribution in [0.3, 0.4) is 0 Å². The molecule has 15 heavy (non-hydrogen) atoms.